The Labute approximate surface area is 185 Å². The Bertz CT molecular complexity index is 1050. The predicted molar refractivity (Wildman–Crippen MR) is 119 cm³/mol. The minimum absolute atomic E-state index is 0.0641. The van der Waals surface area contributed by atoms with Gasteiger partial charge in [-0.15, -0.1) is 0 Å². The van der Waals surface area contributed by atoms with Crippen LogP contribution in [0, 0.1) is 11.7 Å². The first kappa shape index (κ1) is 22.9. The number of pyridine rings is 1. The van der Waals surface area contributed by atoms with Crippen LogP contribution in [0.3, 0.4) is 0 Å². The number of aliphatic hydroxyl groups is 1. The van der Waals surface area contributed by atoms with E-state index in [4.69, 9.17) is 9.84 Å². The molecule has 4 rings (SSSR count). The number of hydrogen-bond acceptors (Lipinski definition) is 5. The van der Waals surface area contributed by atoms with E-state index in [1.165, 1.54) is 12.1 Å². The van der Waals surface area contributed by atoms with Gasteiger partial charge in [0.25, 0.3) is 0 Å². The lowest BCUT2D eigenvalue weighted by Crippen LogP contribution is -2.33. The van der Waals surface area contributed by atoms with Gasteiger partial charge in [-0.1, -0.05) is 6.07 Å². The zero-order valence-electron chi connectivity index (χ0n) is 17.5. The van der Waals surface area contributed by atoms with Crippen LogP contribution in [0.2, 0.25) is 0 Å². The average molecular weight is 437 g/mol. The molecule has 1 saturated carbocycles. The van der Waals surface area contributed by atoms with E-state index in [2.05, 4.69) is 15.6 Å². The largest absolute Gasteiger partial charge is 0.457 e. The molecule has 2 amide bonds. The van der Waals surface area contributed by atoms with Crippen molar-refractivity contribution in [3.8, 4) is 22.8 Å². The van der Waals surface area contributed by atoms with Crippen molar-refractivity contribution in [2.75, 3.05) is 19.0 Å². The molecule has 1 aromatic heterocycles. The molecule has 0 unspecified atom stereocenters. The summed E-state index contributed by atoms with van der Waals surface area (Å²) in [6.45, 7) is -0.0728. The molecule has 1 fully saturated rings. The first-order chi connectivity index (χ1) is 15.6. The number of ether oxygens (including phenoxy) is 1. The van der Waals surface area contributed by atoms with Gasteiger partial charge in [-0.2, -0.15) is 0 Å². The minimum atomic E-state index is -0.323. The zero-order valence-corrected chi connectivity index (χ0v) is 17.5. The zero-order chi connectivity index (χ0) is 22.9. The van der Waals surface area contributed by atoms with E-state index in [-0.39, 0.29) is 30.1 Å². The number of carbonyl (C=O) groups excluding carboxylic acids is 2. The Morgan fingerprint density at radius 2 is 1.62 bits per heavy atom. The summed E-state index contributed by atoms with van der Waals surface area (Å²) in [4.78, 5) is 28.1. The Hall–Kier alpha value is -3.78. The van der Waals surface area contributed by atoms with Crippen LogP contribution >= 0.6 is 0 Å². The second-order valence-electron chi connectivity index (χ2n) is 7.03. The van der Waals surface area contributed by atoms with E-state index < -0.39 is 0 Å². The lowest BCUT2D eigenvalue weighted by atomic mass is 10.1. The van der Waals surface area contributed by atoms with Crippen LogP contribution in [0.25, 0.3) is 11.3 Å². The van der Waals surface area contributed by atoms with Crippen LogP contribution in [0.1, 0.15) is 12.8 Å². The summed E-state index contributed by atoms with van der Waals surface area (Å²) in [5, 5.41) is 12.3. The fourth-order valence-electron chi connectivity index (χ4n) is 2.84. The summed E-state index contributed by atoms with van der Waals surface area (Å²) in [7, 11) is 1.00. The van der Waals surface area contributed by atoms with Crippen molar-refractivity contribution in [3.05, 3.63) is 72.5 Å². The van der Waals surface area contributed by atoms with Crippen LogP contribution in [0.4, 0.5) is 10.2 Å². The smallest absolute Gasteiger partial charge is 0.244 e. The lowest BCUT2D eigenvalue weighted by molar-refractivity contribution is -0.125. The maximum Gasteiger partial charge on any atom is 0.244 e. The number of hydrogen-bond donors (Lipinski definition) is 3. The monoisotopic (exact) mass is 437 g/mol. The summed E-state index contributed by atoms with van der Waals surface area (Å²) in [6, 6.07) is 18.4. The standard InChI is InChI=1S/C23H20FN3O3.CH4O/c24-17-8-12-19(13-9-17)30-18-10-6-15(7-11-18)20-2-1-3-21(26-20)27-22(28)14-25-23(29)16-4-5-16;1-2/h1-3,6-13,16H,4-5,14H2,(H,25,29)(H,26,27,28);2H,1H3. The Balaban J connectivity index is 0.00000141. The molecular formula is C24H24FN3O4. The van der Waals surface area contributed by atoms with E-state index in [1.807, 2.05) is 18.2 Å². The quantitative estimate of drug-likeness (QED) is 0.523. The van der Waals surface area contributed by atoms with Gasteiger partial charge in [0.15, 0.2) is 0 Å². The van der Waals surface area contributed by atoms with Crippen LogP contribution < -0.4 is 15.4 Å². The molecule has 3 N–H and O–H groups in total. The third-order valence-corrected chi connectivity index (χ3v) is 4.59. The Kier molecular flexibility index (Phi) is 7.88. The second kappa shape index (κ2) is 11.0. The number of aromatic nitrogens is 1. The molecule has 1 aliphatic carbocycles. The van der Waals surface area contributed by atoms with E-state index in [0.717, 1.165) is 25.5 Å². The fraction of sp³-hybridized carbons (Fsp3) is 0.208. The molecule has 1 aliphatic rings. The maximum atomic E-state index is 13.0. The fourth-order valence-corrected chi connectivity index (χ4v) is 2.84. The number of amides is 2. The predicted octanol–water partition coefficient (Wildman–Crippen LogP) is 3.75. The molecule has 0 spiro atoms. The van der Waals surface area contributed by atoms with Crippen molar-refractivity contribution in [3.63, 3.8) is 0 Å². The summed E-state index contributed by atoms with van der Waals surface area (Å²) in [5.74, 6) is 0.911. The van der Waals surface area contributed by atoms with Gasteiger partial charge < -0.3 is 20.5 Å². The molecule has 1 heterocycles. The van der Waals surface area contributed by atoms with Gasteiger partial charge in [-0.05, 0) is 73.5 Å². The number of aliphatic hydroxyl groups excluding tert-OH is 1. The van der Waals surface area contributed by atoms with Crippen LogP contribution in [-0.2, 0) is 9.59 Å². The number of nitrogens with one attached hydrogen (secondary N) is 2. The Morgan fingerprint density at radius 3 is 2.25 bits per heavy atom. The normalized spacial score (nSPS) is 12.2. The average Bonchev–Trinajstić information content (AvgIpc) is 3.67. The lowest BCUT2D eigenvalue weighted by Gasteiger charge is -2.09. The Morgan fingerprint density at radius 1 is 1.00 bits per heavy atom. The molecular weight excluding hydrogens is 413 g/mol. The van der Waals surface area contributed by atoms with Crippen molar-refractivity contribution in [2.24, 2.45) is 5.92 Å². The summed E-state index contributed by atoms with van der Waals surface area (Å²) >= 11 is 0. The van der Waals surface area contributed by atoms with Gasteiger partial charge in [0.1, 0.15) is 23.1 Å². The molecule has 7 nitrogen and oxygen atoms in total. The van der Waals surface area contributed by atoms with Crippen LogP contribution in [-0.4, -0.2) is 35.6 Å². The number of halogens is 1. The highest BCUT2D eigenvalue weighted by molar-refractivity contribution is 5.94. The van der Waals surface area contributed by atoms with Gasteiger partial charge in [0, 0.05) is 18.6 Å². The van der Waals surface area contributed by atoms with E-state index >= 15 is 0 Å². The van der Waals surface area contributed by atoms with E-state index in [1.54, 1.807) is 36.4 Å². The highest BCUT2D eigenvalue weighted by Crippen LogP contribution is 2.28. The molecule has 32 heavy (non-hydrogen) atoms. The maximum absolute atomic E-state index is 13.0. The number of rotatable bonds is 7. The van der Waals surface area contributed by atoms with E-state index in [0.29, 0.717) is 23.0 Å². The number of carbonyl (C=O) groups is 2. The number of anilines is 1. The molecule has 166 valence electrons. The van der Waals surface area contributed by atoms with Gasteiger partial charge in [-0.25, -0.2) is 9.37 Å². The molecule has 0 aliphatic heterocycles. The molecule has 0 atom stereocenters. The highest BCUT2D eigenvalue weighted by atomic mass is 19.1. The van der Waals surface area contributed by atoms with Crippen molar-refractivity contribution in [1.29, 1.82) is 0 Å². The van der Waals surface area contributed by atoms with Gasteiger partial charge in [-0.3, -0.25) is 9.59 Å². The molecule has 0 radical (unpaired) electrons. The van der Waals surface area contributed by atoms with Gasteiger partial charge >= 0.3 is 0 Å². The summed E-state index contributed by atoms with van der Waals surface area (Å²) in [5.41, 5.74) is 1.53. The third kappa shape index (κ3) is 6.61. The summed E-state index contributed by atoms with van der Waals surface area (Å²) in [6.07, 6.45) is 1.79. The SMILES string of the molecule is CO.O=C(CNC(=O)C1CC1)Nc1cccc(-c2ccc(Oc3ccc(F)cc3)cc2)n1. The molecule has 0 bridgehead atoms. The van der Waals surface area contributed by atoms with Crippen molar-refractivity contribution in [1.82, 2.24) is 10.3 Å². The number of benzene rings is 2. The number of nitrogens with zero attached hydrogens (tertiary/aromatic N) is 1. The van der Waals surface area contributed by atoms with Crippen LogP contribution in [0.5, 0.6) is 11.5 Å². The van der Waals surface area contributed by atoms with Crippen molar-refractivity contribution < 1.29 is 23.8 Å². The second-order valence-corrected chi connectivity index (χ2v) is 7.03. The first-order valence-corrected chi connectivity index (χ1v) is 10.1. The summed E-state index contributed by atoms with van der Waals surface area (Å²) < 4.78 is 18.7. The molecule has 0 saturated heterocycles. The molecule has 3 aromatic rings. The molecule has 2 aromatic carbocycles. The van der Waals surface area contributed by atoms with Crippen molar-refractivity contribution in [2.45, 2.75) is 12.8 Å². The van der Waals surface area contributed by atoms with Gasteiger partial charge in [0.05, 0.1) is 12.2 Å². The molecule has 8 heteroatoms. The van der Waals surface area contributed by atoms with Crippen molar-refractivity contribution >= 4 is 17.6 Å². The highest BCUT2D eigenvalue weighted by Gasteiger charge is 2.29. The van der Waals surface area contributed by atoms with Gasteiger partial charge in [0.2, 0.25) is 11.8 Å². The minimum Gasteiger partial charge on any atom is -0.457 e. The van der Waals surface area contributed by atoms with Crippen LogP contribution in [0.15, 0.2) is 66.7 Å². The third-order valence-electron chi connectivity index (χ3n) is 4.59. The topological polar surface area (TPSA) is 101 Å². The van der Waals surface area contributed by atoms with E-state index in [9.17, 15) is 14.0 Å². The first-order valence-electron chi connectivity index (χ1n) is 10.1.